The number of anilines is 1. The standard InChI is InChI=1S/C21H21N5O3S/c1-25-17-4-3-14(11-15(17)23-20(25)28)19(27)22-12-13-2-5-18-16(10-13)24-21(30-18)26-6-8-29-9-7-26/h2-5,10-11H,6-9,12H2,1H3,(H,22,27)(H,23,28). The van der Waals surface area contributed by atoms with E-state index < -0.39 is 0 Å². The third kappa shape index (κ3) is 3.46. The Bertz CT molecular complexity index is 1300. The van der Waals surface area contributed by atoms with Crippen LogP contribution in [0.1, 0.15) is 15.9 Å². The third-order valence-electron chi connectivity index (χ3n) is 5.34. The van der Waals surface area contributed by atoms with Gasteiger partial charge in [-0.15, -0.1) is 0 Å². The molecule has 0 unspecified atom stereocenters. The second-order valence-corrected chi connectivity index (χ2v) is 8.31. The van der Waals surface area contributed by atoms with E-state index in [0.29, 0.717) is 17.6 Å². The number of benzene rings is 2. The SMILES string of the molecule is Cn1c(=O)[nH]c2cc(C(=O)NCc3ccc4sc(N5CCOCC5)nc4c3)ccc21. The van der Waals surface area contributed by atoms with Gasteiger partial charge >= 0.3 is 5.69 Å². The third-order valence-corrected chi connectivity index (χ3v) is 6.44. The minimum Gasteiger partial charge on any atom is -0.378 e. The van der Waals surface area contributed by atoms with Crippen LogP contribution in [0.15, 0.2) is 41.2 Å². The zero-order valence-electron chi connectivity index (χ0n) is 16.5. The topological polar surface area (TPSA) is 92.2 Å². The van der Waals surface area contributed by atoms with Gasteiger partial charge in [-0.25, -0.2) is 9.78 Å². The lowest BCUT2D eigenvalue weighted by atomic mass is 10.1. The first kappa shape index (κ1) is 18.8. The number of hydrogen-bond acceptors (Lipinski definition) is 6. The number of carbonyl (C=O) groups is 1. The summed E-state index contributed by atoms with van der Waals surface area (Å²) in [6.07, 6.45) is 0. The first-order valence-corrected chi connectivity index (χ1v) is 10.6. The summed E-state index contributed by atoms with van der Waals surface area (Å²) in [5, 5.41) is 3.96. The van der Waals surface area contributed by atoms with Crippen LogP contribution in [0.5, 0.6) is 0 Å². The first-order chi connectivity index (χ1) is 14.6. The molecule has 5 rings (SSSR count). The highest BCUT2D eigenvalue weighted by Crippen LogP contribution is 2.29. The molecule has 2 N–H and O–H groups in total. The lowest BCUT2D eigenvalue weighted by molar-refractivity contribution is 0.0951. The molecule has 0 radical (unpaired) electrons. The maximum Gasteiger partial charge on any atom is 0.326 e. The Morgan fingerprint density at radius 1 is 1.23 bits per heavy atom. The number of H-pyrrole nitrogens is 1. The highest BCUT2D eigenvalue weighted by molar-refractivity contribution is 7.22. The van der Waals surface area contributed by atoms with Gasteiger partial charge in [0.25, 0.3) is 5.91 Å². The van der Waals surface area contributed by atoms with Crippen molar-refractivity contribution in [2.24, 2.45) is 7.05 Å². The fraction of sp³-hybridized carbons (Fsp3) is 0.286. The average Bonchev–Trinajstić information content (AvgIpc) is 3.32. The number of carbonyl (C=O) groups excluding carboxylic acids is 1. The summed E-state index contributed by atoms with van der Waals surface area (Å²) in [5.41, 5.74) is 3.65. The lowest BCUT2D eigenvalue weighted by Gasteiger charge is -2.25. The molecule has 9 heteroatoms. The smallest absolute Gasteiger partial charge is 0.326 e. The second kappa shape index (κ2) is 7.58. The van der Waals surface area contributed by atoms with Crippen molar-refractivity contribution in [3.63, 3.8) is 0 Å². The summed E-state index contributed by atoms with van der Waals surface area (Å²) >= 11 is 1.68. The number of ether oxygens (including phenoxy) is 1. The maximum absolute atomic E-state index is 12.6. The molecule has 0 spiro atoms. The van der Waals surface area contributed by atoms with E-state index in [2.05, 4.69) is 21.3 Å². The van der Waals surface area contributed by atoms with Crippen LogP contribution >= 0.6 is 11.3 Å². The van der Waals surface area contributed by atoms with E-state index in [-0.39, 0.29) is 11.6 Å². The molecule has 3 heterocycles. The number of hydrogen-bond donors (Lipinski definition) is 2. The number of thiazole rings is 1. The maximum atomic E-state index is 12.6. The summed E-state index contributed by atoms with van der Waals surface area (Å²) in [5.74, 6) is -0.186. The minimum atomic E-state index is -0.199. The van der Waals surface area contributed by atoms with Gasteiger partial charge in [0.15, 0.2) is 5.13 Å². The number of rotatable bonds is 4. The zero-order valence-corrected chi connectivity index (χ0v) is 17.3. The molecule has 0 aliphatic carbocycles. The molecule has 2 aromatic carbocycles. The minimum absolute atomic E-state index is 0.186. The van der Waals surface area contributed by atoms with E-state index >= 15 is 0 Å². The van der Waals surface area contributed by atoms with Crippen LogP contribution in [0.25, 0.3) is 21.3 Å². The molecule has 1 amide bonds. The molecule has 1 fully saturated rings. The van der Waals surface area contributed by atoms with Crippen molar-refractivity contribution < 1.29 is 9.53 Å². The molecular formula is C21H21N5O3S. The molecule has 30 heavy (non-hydrogen) atoms. The predicted molar refractivity (Wildman–Crippen MR) is 117 cm³/mol. The van der Waals surface area contributed by atoms with Crippen molar-refractivity contribution in [3.05, 3.63) is 58.0 Å². The Labute approximate surface area is 176 Å². The molecule has 154 valence electrons. The van der Waals surface area contributed by atoms with Gasteiger partial charge in [0.2, 0.25) is 0 Å². The Balaban J connectivity index is 1.30. The number of morpholine rings is 1. The van der Waals surface area contributed by atoms with Gasteiger partial charge in [0, 0.05) is 32.2 Å². The molecule has 2 aromatic heterocycles. The van der Waals surface area contributed by atoms with E-state index in [9.17, 15) is 9.59 Å². The average molecular weight is 423 g/mol. The van der Waals surface area contributed by atoms with Gasteiger partial charge in [0.05, 0.1) is 34.5 Å². The number of imidazole rings is 1. The van der Waals surface area contributed by atoms with Crippen LogP contribution in [0.2, 0.25) is 0 Å². The van der Waals surface area contributed by atoms with Crippen LogP contribution in [0.3, 0.4) is 0 Å². The van der Waals surface area contributed by atoms with Crippen molar-refractivity contribution in [3.8, 4) is 0 Å². The number of aryl methyl sites for hydroxylation is 1. The van der Waals surface area contributed by atoms with Crippen LogP contribution < -0.4 is 15.9 Å². The summed E-state index contributed by atoms with van der Waals surface area (Å²) in [6.45, 7) is 3.59. The van der Waals surface area contributed by atoms with E-state index in [1.54, 1.807) is 36.6 Å². The normalized spacial score (nSPS) is 14.5. The van der Waals surface area contributed by atoms with Crippen molar-refractivity contribution in [2.45, 2.75) is 6.54 Å². The molecule has 4 aromatic rings. The van der Waals surface area contributed by atoms with E-state index in [0.717, 1.165) is 52.7 Å². The second-order valence-electron chi connectivity index (χ2n) is 7.30. The summed E-state index contributed by atoms with van der Waals surface area (Å²) in [7, 11) is 1.69. The Morgan fingerprint density at radius 3 is 2.90 bits per heavy atom. The Hall–Kier alpha value is -3.17. The fourth-order valence-corrected chi connectivity index (χ4v) is 4.62. The lowest BCUT2D eigenvalue weighted by Crippen LogP contribution is -2.36. The Morgan fingerprint density at radius 2 is 2.07 bits per heavy atom. The molecular weight excluding hydrogens is 402 g/mol. The van der Waals surface area contributed by atoms with Gasteiger partial charge in [-0.1, -0.05) is 17.4 Å². The molecule has 0 saturated carbocycles. The number of aromatic nitrogens is 3. The number of nitrogens with one attached hydrogen (secondary N) is 2. The van der Waals surface area contributed by atoms with Crippen molar-refractivity contribution in [1.29, 1.82) is 0 Å². The van der Waals surface area contributed by atoms with Crippen LogP contribution in [-0.4, -0.2) is 46.7 Å². The number of fused-ring (bicyclic) bond motifs is 2. The largest absolute Gasteiger partial charge is 0.378 e. The van der Waals surface area contributed by atoms with Crippen molar-refractivity contribution in [1.82, 2.24) is 19.9 Å². The van der Waals surface area contributed by atoms with E-state index in [1.165, 1.54) is 4.57 Å². The number of nitrogens with zero attached hydrogens (tertiary/aromatic N) is 3. The van der Waals surface area contributed by atoms with Crippen molar-refractivity contribution in [2.75, 3.05) is 31.2 Å². The highest BCUT2D eigenvalue weighted by atomic mass is 32.1. The molecule has 1 aliphatic rings. The van der Waals surface area contributed by atoms with Gasteiger partial charge in [-0.05, 0) is 35.9 Å². The van der Waals surface area contributed by atoms with E-state index in [4.69, 9.17) is 9.72 Å². The molecule has 0 atom stereocenters. The monoisotopic (exact) mass is 423 g/mol. The fourth-order valence-electron chi connectivity index (χ4n) is 3.62. The number of aromatic amines is 1. The zero-order chi connectivity index (χ0) is 20.7. The Kier molecular flexibility index (Phi) is 4.76. The highest BCUT2D eigenvalue weighted by Gasteiger charge is 2.16. The summed E-state index contributed by atoms with van der Waals surface area (Å²) < 4.78 is 8.06. The van der Waals surface area contributed by atoms with E-state index in [1.807, 2.05) is 12.1 Å². The molecule has 0 bridgehead atoms. The summed E-state index contributed by atoms with van der Waals surface area (Å²) in [4.78, 5) is 34.1. The predicted octanol–water partition coefficient (Wildman–Crippen LogP) is 2.24. The van der Waals surface area contributed by atoms with Gasteiger partial charge in [-0.3, -0.25) is 9.36 Å². The van der Waals surface area contributed by atoms with Crippen LogP contribution in [0.4, 0.5) is 5.13 Å². The molecule has 1 saturated heterocycles. The van der Waals surface area contributed by atoms with Crippen LogP contribution in [-0.2, 0) is 18.3 Å². The van der Waals surface area contributed by atoms with Gasteiger partial charge in [0.1, 0.15) is 0 Å². The van der Waals surface area contributed by atoms with Crippen LogP contribution in [0, 0.1) is 0 Å². The van der Waals surface area contributed by atoms with Gasteiger partial charge < -0.3 is 19.9 Å². The quantitative estimate of drug-likeness (QED) is 0.525. The molecule has 8 nitrogen and oxygen atoms in total. The van der Waals surface area contributed by atoms with Gasteiger partial charge in [-0.2, -0.15) is 0 Å². The first-order valence-electron chi connectivity index (χ1n) is 9.77. The summed E-state index contributed by atoms with van der Waals surface area (Å²) in [6, 6.07) is 11.3. The van der Waals surface area contributed by atoms with Crippen molar-refractivity contribution >= 4 is 43.6 Å². The number of amides is 1. The molecule has 1 aliphatic heterocycles.